The van der Waals surface area contributed by atoms with Crippen LogP contribution in [0.5, 0.6) is 0 Å². The molecule has 0 aliphatic rings. The summed E-state index contributed by atoms with van der Waals surface area (Å²) in [6.07, 6.45) is 1.78. The number of anilines is 1. The van der Waals surface area contributed by atoms with Gasteiger partial charge >= 0.3 is 0 Å². The molecule has 0 atom stereocenters. The first-order valence-corrected chi connectivity index (χ1v) is 5.48. The molecule has 0 aliphatic heterocycles. The van der Waals surface area contributed by atoms with Gasteiger partial charge < -0.3 is 5.73 Å². The van der Waals surface area contributed by atoms with Crippen molar-refractivity contribution in [1.82, 2.24) is 20.0 Å². The van der Waals surface area contributed by atoms with E-state index < -0.39 is 0 Å². The largest absolute Gasteiger partial charge is 0.382 e. The van der Waals surface area contributed by atoms with Crippen LogP contribution in [0, 0.1) is 0 Å². The molecule has 0 bridgehead atoms. The highest BCUT2D eigenvalue weighted by molar-refractivity contribution is 9.10. The summed E-state index contributed by atoms with van der Waals surface area (Å²) in [5.41, 5.74) is 7.57. The Morgan fingerprint density at radius 3 is 2.94 bits per heavy atom. The van der Waals surface area contributed by atoms with E-state index in [0.717, 1.165) is 21.2 Å². The summed E-state index contributed by atoms with van der Waals surface area (Å²) >= 11 is 3.41. The molecule has 2 heterocycles. The molecule has 6 heteroatoms. The number of fused-ring (bicyclic) bond motifs is 1. The van der Waals surface area contributed by atoms with Crippen LogP contribution in [0.15, 0.2) is 35.1 Å². The molecule has 3 N–H and O–H groups in total. The second kappa shape index (κ2) is 3.34. The predicted octanol–water partition coefficient (Wildman–Crippen LogP) is 2.09. The van der Waals surface area contributed by atoms with Crippen LogP contribution in [0.4, 0.5) is 5.82 Å². The van der Waals surface area contributed by atoms with Crippen molar-refractivity contribution >= 4 is 32.7 Å². The highest BCUT2D eigenvalue weighted by Gasteiger charge is 2.06. The molecule has 0 fully saturated rings. The standard InChI is InChI=1S/C10H8BrN5/c11-9-4-10(12)15-16(9)7-1-2-8-6(3-7)5-13-14-8/h1-5H,(H2,12,15)(H,13,14). The summed E-state index contributed by atoms with van der Waals surface area (Å²) in [6.45, 7) is 0. The molecular weight excluding hydrogens is 270 g/mol. The van der Waals surface area contributed by atoms with Gasteiger partial charge in [0.2, 0.25) is 0 Å². The zero-order valence-corrected chi connectivity index (χ0v) is 9.77. The van der Waals surface area contributed by atoms with Crippen LogP contribution >= 0.6 is 15.9 Å². The number of rotatable bonds is 1. The number of H-pyrrole nitrogens is 1. The van der Waals surface area contributed by atoms with Crippen molar-refractivity contribution < 1.29 is 0 Å². The van der Waals surface area contributed by atoms with Gasteiger partial charge in [0.15, 0.2) is 0 Å². The lowest BCUT2D eigenvalue weighted by atomic mass is 10.2. The fraction of sp³-hybridized carbons (Fsp3) is 0. The van der Waals surface area contributed by atoms with E-state index in [-0.39, 0.29) is 0 Å². The van der Waals surface area contributed by atoms with E-state index in [1.165, 1.54) is 0 Å². The number of nitrogens with two attached hydrogens (primary N) is 1. The molecule has 0 amide bonds. The van der Waals surface area contributed by atoms with Gasteiger partial charge in [-0.1, -0.05) is 0 Å². The maximum Gasteiger partial charge on any atom is 0.147 e. The van der Waals surface area contributed by atoms with E-state index in [4.69, 9.17) is 5.73 Å². The Morgan fingerprint density at radius 1 is 1.31 bits per heavy atom. The van der Waals surface area contributed by atoms with Crippen LogP contribution < -0.4 is 5.73 Å². The molecule has 16 heavy (non-hydrogen) atoms. The lowest BCUT2D eigenvalue weighted by Gasteiger charge is -2.02. The Bertz CT molecular complexity index is 654. The van der Waals surface area contributed by atoms with E-state index in [0.29, 0.717) is 5.82 Å². The van der Waals surface area contributed by atoms with Crippen molar-refractivity contribution in [2.45, 2.75) is 0 Å². The van der Waals surface area contributed by atoms with Gasteiger partial charge in [-0.3, -0.25) is 5.10 Å². The Balaban J connectivity index is 2.21. The number of aromatic nitrogens is 4. The molecule has 3 aromatic rings. The summed E-state index contributed by atoms with van der Waals surface area (Å²) in [7, 11) is 0. The van der Waals surface area contributed by atoms with E-state index >= 15 is 0 Å². The van der Waals surface area contributed by atoms with E-state index in [9.17, 15) is 0 Å². The molecule has 2 aromatic heterocycles. The van der Waals surface area contributed by atoms with Crippen molar-refractivity contribution in [2.75, 3.05) is 5.73 Å². The second-order valence-corrected chi connectivity index (χ2v) is 4.26. The lowest BCUT2D eigenvalue weighted by Crippen LogP contribution is -1.97. The first-order chi connectivity index (χ1) is 7.74. The normalized spacial score (nSPS) is 11.1. The quantitative estimate of drug-likeness (QED) is 0.716. The lowest BCUT2D eigenvalue weighted by molar-refractivity contribution is 0.867. The van der Waals surface area contributed by atoms with Gasteiger partial charge in [0.1, 0.15) is 10.4 Å². The second-order valence-electron chi connectivity index (χ2n) is 3.45. The number of aromatic amines is 1. The predicted molar refractivity (Wildman–Crippen MR) is 65.3 cm³/mol. The third-order valence-electron chi connectivity index (χ3n) is 2.35. The maximum absolute atomic E-state index is 5.63. The summed E-state index contributed by atoms with van der Waals surface area (Å²) in [6, 6.07) is 7.68. The molecule has 80 valence electrons. The van der Waals surface area contributed by atoms with Gasteiger partial charge in [0.05, 0.1) is 17.4 Å². The van der Waals surface area contributed by atoms with Gasteiger partial charge in [-0.25, -0.2) is 4.68 Å². The molecule has 3 rings (SSSR count). The monoisotopic (exact) mass is 277 g/mol. The third-order valence-corrected chi connectivity index (χ3v) is 2.92. The molecular formula is C10H8BrN5. The number of nitrogens with one attached hydrogen (secondary N) is 1. The average Bonchev–Trinajstić information content (AvgIpc) is 2.83. The SMILES string of the molecule is Nc1cc(Br)n(-c2ccc3[nH]ncc3c2)n1. The molecule has 0 radical (unpaired) electrons. The van der Waals surface area contributed by atoms with Crippen LogP contribution in [0.3, 0.4) is 0 Å². The van der Waals surface area contributed by atoms with E-state index in [2.05, 4.69) is 31.2 Å². The zero-order valence-electron chi connectivity index (χ0n) is 8.18. The first kappa shape index (κ1) is 9.41. The zero-order chi connectivity index (χ0) is 11.1. The third kappa shape index (κ3) is 1.38. The molecule has 0 aliphatic carbocycles. The number of nitrogens with zero attached hydrogens (tertiary/aromatic N) is 3. The van der Waals surface area contributed by atoms with Gasteiger partial charge in [0.25, 0.3) is 0 Å². The molecule has 0 spiro atoms. The topological polar surface area (TPSA) is 72.5 Å². The van der Waals surface area contributed by atoms with Crippen LogP contribution in [0.2, 0.25) is 0 Å². The van der Waals surface area contributed by atoms with Gasteiger partial charge in [-0.05, 0) is 34.1 Å². The number of hydrogen-bond donors (Lipinski definition) is 2. The van der Waals surface area contributed by atoms with Crippen LogP contribution in [0.25, 0.3) is 16.6 Å². The van der Waals surface area contributed by atoms with E-state index in [1.54, 1.807) is 16.9 Å². The minimum Gasteiger partial charge on any atom is -0.382 e. The Labute approximate surface area is 99.4 Å². The summed E-state index contributed by atoms with van der Waals surface area (Å²) < 4.78 is 2.56. The molecule has 0 saturated carbocycles. The highest BCUT2D eigenvalue weighted by atomic mass is 79.9. The van der Waals surface area contributed by atoms with Gasteiger partial charge in [0, 0.05) is 11.5 Å². The van der Waals surface area contributed by atoms with Crippen LogP contribution in [-0.2, 0) is 0 Å². The first-order valence-electron chi connectivity index (χ1n) is 4.68. The summed E-state index contributed by atoms with van der Waals surface area (Å²) in [5.74, 6) is 0.485. The van der Waals surface area contributed by atoms with Crippen LogP contribution in [0.1, 0.15) is 0 Å². The Morgan fingerprint density at radius 2 is 2.19 bits per heavy atom. The summed E-state index contributed by atoms with van der Waals surface area (Å²) in [4.78, 5) is 0. The highest BCUT2D eigenvalue weighted by Crippen LogP contribution is 2.21. The average molecular weight is 278 g/mol. The van der Waals surface area contributed by atoms with Crippen LogP contribution in [-0.4, -0.2) is 20.0 Å². The van der Waals surface area contributed by atoms with Crippen molar-refractivity contribution in [3.05, 3.63) is 35.1 Å². The van der Waals surface area contributed by atoms with Crippen molar-refractivity contribution in [1.29, 1.82) is 0 Å². The molecule has 1 aromatic carbocycles. The minimum absolute atomic E-state index is 0.485. The minimum atomic E-state index is 0.485. The Kier molecular flexibility index (Phi) is 1.97. The summed E-state index contributed by atoms with van der Waals surface area (Å²) in [5, 5.41) is 12.1. The van der Waals surface area contributed by atoms with Crippen molar-refractivity contribution in [2.24, 2.45) is 0 Å². The smallest absolute Gasteiger partial charge is 0.147 e. The van der Waals surface area contributed by atoms with Crippen molar-refractivity contribution in [3.63, 3.8) is 0 Å². The number of nitrogen functional groups attached to an aromatic ring is 1. The molecule has 0 unspecified atom stereocenters. The fourth-order valence-electron chi connectivity index (χ4n) is 1.62. The van der Waals surface area contributed by atoms with Crippen molar-refractivity contribution in [3.8, 4) is 5.69 Å². The van der Waals surface area contributed by atoms with Gasteiger partial charge in [-0.15, -0.1) is 5.10 Å². The van der Waals surface area contributed by atoms with Gasteiger partial charge in [-0.2, -0.15) is 5.10 Å². The maximum atomic E-state index is 5.63. The number of halogens is 1. The fourth-order valence-corrected chi connectivity index (χ4v) is 2.14. The number of hydrogen-bond acceptors (Lipinski definition) is 3. The molecule has 0 saturated heterocycles. The number of benzene rings is 1. The molecule has 5 nitrogen and oxygen atoms in total. The Hall–Kier alpha value is -1.82. The van der Waals surface area contributed by atoms with E-state index in [1.807, 2.05) is 18.2 Å².